The second kappa shape index (κ2) is 7.81. The van der Waals surface area contributed by atoms with Gasteiger partial charge in [0.15, 0.2) is 0 Å². The summed E-state index contributed by atoms with van der Waals surface area (Å²) in [6.45, 7) is 1.96. The molecule has 28 heavy (non-hydrogen) atoms. The SMILES string of the molecule is COC(=O)C[C@H]1[C@H](C)C(c2ccc(C#N)c(C#N)c2)=NN1c1ccc(O)cc1. The maximum absolute atomic E-state index is 12.0. The van der Waals surface area contributed by atoms with E-state index in [9.17, 15) is 15.2 Å². The van der Waals surface area contributed by atoms with Gasteiger partial charge in [0.25, 0.3) is 0 Å². The average molecular weight is 374 g/mol. The molecule has 2 aromatic carbocycles. The van der Waals surface area contributed by atoms with Crippen LogP contribution >= 0.6 is 0 Å². The van der Waals surface area contributed by atoms with Crippen molar-refractivity contribution in [2.45, 2.75) is 19.4 Å². The van der Waals surface area contributed by atoms with Gasteiger partial charge >= 0.3 is 5.97 Å². The van der Waals surface area contributed by atoms with E-state index in [1.54, 1.807) is 47.5 Å². The summed E-state index contributed by atoms with van der Waals surface area (Å²) in [4.78, 5) is 12.0. The number of carbonyl (C=O) groups is 1. The van der Waals surface area contributed by atoms with Crippen molar-refractivity contribution >= 4 is 17.4 Å². The summed E-state index contributed by atoms with van der Waals surface area (Å²) in [6.07, 6.45) is 0.132. The van der Waals surface area contributed by atoms with E-state index < -0.39 is 0 Å². The molecular weight excluding hydrogens is 356 g/mol. The number of methoxy groups -OCH3 is 1. The summed E-state index contributed by atoms with van der Waals surface area (Å²) in [5.41, 5.74) is 2.74. The molecule has 0 fully saturated rings. The molecule has 1 aliphatic rings. The first-order valence-corrected chi connectivity index (χ1v) is 8.66. The van der Waals surface area contributed by atoms with Gasteiger partial charge in [-0.25, -0.2) is 0 Å². The standard InChI is InChI=1S/C21H18N4O3/c1-13-19(10-20(27)28-2)25(17-5-7-18(26)8-6-17)24-21(13)14-3-4-15(11-22)16(9-14)12-23/h3-9,13,19,26H,10H2,1-2H3/t13-,19-/m0/s1. The lowest BCUT2D eigenvalue weighted by Gasteiger charge is -2.25. The van der Waals surface area contributed by atoms with Gasteiger partial charge in [0.1, 0.15) is 17.9 Å². The summed E-state index contributed by atoms with van der Waals surface area (Å²) in [6, 6.07) is 15.3. The third-order valence-electron chi connectivity index (χ3n) is 4.81. The van der Waals surface area contributed by atoms with Gasteiger partial charge in [-0.3, -0.25) is 9.80 Å². The second-order valence-corrected chi connectivity index (χ2v) is 6.47. The van der Waals surface area contributed by atoms with E-state index >= 15 is 0 Å². The monoisotopic (exact) mass is 374 g/mol. The Morgan fingerprint density at radius 2 is 1.86 bits per heavy atom. The van der Waals surface area contributed by atoms with E-state index in [0.717, 1.165) is 11.3 Å². The molecule has 0 saturated carbocycles. The fourth-order valence-corrected chi connectivity index (χ4v) is 3.26. The van der Waals surface area contributed by atoms with Crippen LogP contribution < -0.4 is 5.01 Å². The number of benzene rings is 2. The predicted octanol–water partition coefficient (Wildman–Crippen LogP) is 2.93. The van der Waals surface area contributed by atoms with E-state index in [4.69, 9.17) is 15.1 Å². The minimum absolute atomic E-state index is 0.132. The molecule has 0 aromatic heterocycles. The molecule has 2 atom stereocenters. The molecule has 1 aliphatic heterocycles. The lowest BCUT2D eigenvalue weighted by atomic mass is 9.89. The smallest absolute Gasteiger partial charge is 0.307 e. The van der Waals surface area contributed by atoms with Gasteiger partial charge in [0, 0.05) is 5.92 Å². The molecule has 0 amide bonds. The van der Waals surface area contributed by atoms with Gasteiger partial charge in [-0.2, -0.15) is 15.6 Å². The van der Waals surface area contributed by atoms with Gasteiger partial charge < -0.3 is 9.84 Å². The van der Waals surface area contributed by atoms with Crippen LogP contribution in [-0.2, 0) is 9.53 Å². The van der Waals surface area contributed by atoms with Crippen LogP contribution in [0.15, 0.2) is 47.6 Å². The summed E-state index contributed by atoms with van der Waals surface area (Å²) < 4.78 is 4.84. The lowest BCUT2D eigenvalue weighted by Crippen LogP contribution is -2.34. The maximum Gasteiger partial charge on any atom is 0.307 e. The number of rotatable bonds is 4. The van der Waals surface area contributed by atoms with Crippen LogP contribution in [0.2, 0.25) is 0 Å². The number of carbonyl (C=O) groups excluding carboxylic acids is 1. The van der Waals surface area contributed by atoms with Crippen molar-refractivity contribution in [3.05, 3.63) is 59.2 Å². The number of nitrogens with zero attached hydrogens (tertiary/aromatic N) is 4. The van der Waals surface area contributed by atoms with Crippen molar-refractivity contribution in [2.75, 3.05) is 12.1 Å². The summed E-state index contributed by atoms with van der Waals surface area (Å²) >= 11 is 0. The number of phenolic OH excluding ortho intramolecular Hbond substituents is 1. The molecule has 0 unspecified atom stereocenters. The summed E-state index contributed by atoms with van der Waals surface area (Å²) in [5, 5.41) is 34.4. The first kappa shape index (κ1) is 18.9. The van der Waals surface area contributed by atoms with Crippen molar-refractivity contribution < 1.29 is 14.6 Å². The zero-order valence-corrected chi connectivity index (χ0v) is 15.5. The Morgan fingerprint density at radius 1 is 1.18 bits per heavy atom. The van der Waals surface area contributed by atoms with E-state index in [-0.39, 0.29) is 35.7 Å². The van der Waals surface area contributed by atoms with Crippen LogP contribution in [-0.4, -0.2) is 29.9 Å². The number of hydrogen-bond donors (Lipinski definition) is 1. The quantitative estimate of drug-likeness (QED) is 0.824. The van der Waals surface area contributed by atoms with Crippen LogP contribution in [0.4, 0.5) is 5.69 Å². The lowest BCUT2D eigenvalue weighted by molar-refractivity contribution is -0.141. The zero-order valence-electron chi connectivity index (χ0n) is 15.5. The third-order valence-corrected chi connectivity index (χ3v) is 4.81. The minimum Gasteiger partial charge on any atom is -0.508 e. The largest absolute Gasteiger partial charge is 0.508 e. The van der Waals surface area contributed by atoms with Gasteiger partial charge in [0.2, 0.25) is 0 Å². The fraction of sp³-hybridized carbons (Fsp3) is 0.238. The number of aromatic hydroxyl groups is 1. The minimum atomic E-state index is -0.352. The van der Waals surface area contributed by atoms with Gasteiger partial charge in [-0.15, -0.1) is 0 Å². The number of hydrogen-bond acceptors (Lipinski definition) is 7. The molecule has 0 aliphatic carbocycles. The molecule has 1 N–H and O–H groups in total. The Balaban J connectivity index is 2.05. The Bertz CT molecular complexity index is 1020. The molecule has 7 heteroatoms. The number of esters is 1. The summed E-state index contributed by atoms with van der Waals surface area (Å²) in [7, 11) is 1.34. The topological polar surface area (TPSA) is 110 Å². The van der Waals surface area contributed by atoms with Crippen LogP contribution in [0.3, 0.4) is 0 Å². The molecule has 0 bridgehead atoms. The van der Waals surface area contributed by atoms with Gasteiger partial charge in [0.05, 0.1) is 42.1 Å². The molecule has 0 spiro atoms. The highest BCUT2D eigenvalue weighted by Gasteiger charge is 2.37. The van der Waals surface area contributed by atoms with Gasteiger partial charge in [-0.1, -0.05) is 13.0 Å². The Morgan fingerprint density at radius 3 is 2.46 bits per heavy atom. The maximum atomic E-state index is 12.0. The number of ether oxygens (including phenoxy) is 1. The average Bonchev–Trinajstić information content (AvgIpc) is 3.04. The van der Waals surface area contributed by atoms with Gasteiger partial charge in [-0.05, 0) is 42.0 Å². The molecular formula is C21H18N4O3. The Kier molecular flexibility index (Phi) is 5.28. The highest BCUT2D eigenvalue weighted by atomic mass is 16.5. The van der Waals surface area contributed by atoms with E-state index in [0.29, 0.717) is 11.3 Å². The zero-order chi connectivity index (χ0) is 20.3. The predicted molar refractivity (Wildman–Crippen MR) is 103 cm³/mol. The van der Waals surface area contributed by atoms with Crippen LogP contribution in [0, 0.1) is 28.6 Å². The first-order valence-electron chi connectivity index (χ1n) is 8.66. The third kappa shape index (κ3) is 3.51. The van der Waals surface area contributed by atoms with Crippen molar-refractivity contribution in [2.24, 2.45) is 11.0 Å². The second-order valence-electron chi connectivity index (χ2n) is 6.47. The van der Waals surface area contributed by atoms with Crippen LogP contribution in [0.5, 0.6) is 5.75 Å². The number of hydrazone groups is 1. The molecule has 0 saturated heterocycles. The normalized spacial score (nSPS) is 18.1. The molecule has 1 heterocycles. The highest BCUT2D eigenvalue weighted by Crippen LogP contribution is 2.33. The van der Waals surface area contributed by atoms with Crippen molar-refractivity contribution in [1.82, 2.24) is 0 Å². The molecule has 3 rings (SSSR count). The van der Waals surface area contributed by atoms with Crippen LogP contribution in [0.25, 0.3) is 0 Å². The molecule has 2 aromatic rings. The first-order chi connectivity index (χ1) is 13.5. The number of phenols is 1. The number of nitriles is 2. The van der Waals surface area contributed by atoms with E-state index in [1.165, 1.54) is 7.11 Å². The highest BCUT2D eigenvalue weighted by molar-refractivity contribution is 6.05. The Labute approximate surface area is 162 Å². The Hall–Kier alpha value is -3.84. The molecule has 0 radical (unpaired) electrons. The van der Waals surface area contributed by atoms with Crippen molar-refractivity contribution in [1.29, 1.82) is 10.5 Å². The summed E-state index contributed by atoms with van der Waals surface area (Å²) in [5.74, 6) is -0.350. The molecule has 7 nitrogen and oxygen atoms in total. The molecule has 140 valence electrons. The van der Waals surface area contributed by atoms with Crippen LogP contribution in [0.1, 0.15) is 30.0 Å². The fourth-order valence-electron chi connectivity index (χ4n) is 3.26. The van der Waals surface area contributed by atoms with E-state index in [2.05, 4.69) is 0 Å². The van der Waals surface area contributed by atoms with Crippen molar-refractivity contribution in [3.63, 3.8) is 0 Å². The number of anilines is 1. The van der Waals surface area contributed by atoms with Crippen molar-refractivity contribution in [3.8, 4) is 17.9 Å². The van der Waals surface area contributed by atoms with E-state index in [1.807, 2.05) is 19.1 Å².